The van der Waals surface area contributed by atoms with Crippen LogP contribution in [0.1, 0.15) is 46.7 Å². The lowest BCUT2D eigenvalue weighted by Crippen LogP contribution is -2.45. The number of aryl methyl sites for hydroxylation is 1. The number of halogens is 3. The van der Waals surface area contributed by atoms with E-state index in [1.54, 1.807) is 20.9 Å². The molecule has 2 heterocycles. The Bertz CT molecular complexity index is 707. The molecule has 0 radical (unpaired) electrons. The maximum absolute atomic E-state index is 12.5. The number of thiazole rings is 1. The summed E-state index contributed by atoms with van der Waals surface area (Å²) in [6.07, 6.45) is -3.59. The molecule has 0 aromatic carbocycles. The van der Waals surface area contributed by atoms with Crippen LogP contribution in [0.5, 0.6) is 0 Å². The summed E-state index contributed by atoms with van der Waals surface area (Å²) in [6.45, 7) is 5.46. The summed E-state index contributed by atoms with van der Waals surface area (Å²) in [4.78, 5) is 22.4. The van der Waals surface area contributed by atoms with Crippen molar-refractivity contribution in [1.82, 2.24) is 20.5 Å². The number of aliphatic imine (C=N–C) groups is 1. The predicted octanol–water partition coefficient (Wildman–Crippen LogP) is 2.49. The Morgan fingerprint density at radius 1 is 1.50 bits per heavy atom. The molecule has 1 aromatic heterocycles. The first-order chi connectivity index (χ1) is 13.1. The van der Waals surface area contributed by atoms with Crippen molar-refractivity contribution in [2.24, 2.45) is 4.99 Å². The van der Waals surface area contributed by atoms with Gasteiger partial charge in [-0.05, 0) is 27.2 Å². The smallest absolute Gasteiger partial charge is 0.401 e. The second kappa shape index (κ2) is 9.55. The summed E-state index contributed by atoms with van der Waals surface area (Å²) in [6, 6.07) is -0.348. The van der Waals surface area contributed by atoms with Crippen LogP contribution in [0.25, 0.3) is 0 Å². The minimum absolute atomic E-state index is 0.117. The fraction of sp³-hybridized carbons (Fsp3) is 0.706. The molecule has 0 bridgehead atoms. The number of alkyl halides is 3. The van der Waals surface area contributed by atoms with Crippen LogP contribution in [0.15, 0.2) is 4.99 Å². The third-order valence-electron chi connectivity index (χ3n) is 4.24. The molecule has 1 saturated heterocycles. The molecule has 2 atom stereocenters. The Kier molecular flexibility index (Phi) is 7.64. The van der Waals surface area contributed by atoms with Crippen LogP contribution in [0.2, 0.25) is 0 Å². The molecular formula is C17H26F3N5O2S. The summed E-state index contributed by atoms with van der Waals surface area (Å²) in [7, 11) is 1.60. The quantitative estimate of drug-likeness (QED) is 0.418. The van der Waals surface area contributed by atoms with Gasteiger partial charge < -0.3 is 15.4 Å². The molecule has 158 valence electrons. The third-order valence-corrected chi connectivity index (χ3v) is 5.56. The van der Waals surface area contributed by atoms with Crippen LogP contribution in [0, 0.1) is 6.92 Å². The molecule has 1 aliphatic rings. The zero-order valence-corrected chi connectivity index (χ0v) is 17.2. The van der Waals surface area contributed by atoms with Crippen LogP contribution in [-0.4, -0.2) is 67.3 Å². The summed E-state index contributed by atoms with van der Waals surface area (Å²) >= 11 is 1.25. The SMILES string of the molecule is CCOC(=O)c1sc(C(C)NC(=NC)NC2CCN(CC(F)(F)F)C2)nc1C. The monoisotopic (exact) mass is 421 g/mol. The van der Waals surface area contributed by atoms with Crippen molar-refractivity contribution in [2.45, 2.75) is 45.5 Å². The van der Waals surface area contributed by atoms with E-state index in [0.29, 0.717) is 47.7 Å². The highest BCUT2D eigenvalue weighted by Gasteiger charge is 2.34. The molecule has 28 heavy (non-hydrogen) atoms. The Labute approximate surface area is 166 Å². The number of likely N-dealkylation sites (tertiary alicyclic amines) is 1. The highest BCUT2D eigenvalue weighted by atomic mass is 32.1. The fourth-order valence-corrected chi connectivity index (χ4v) is 3.93. The first kappa shape index (κ1) is 22.4. The Balaban J connectivity index is 1.93. The van der Waals surface area contributed by atoms with Crippen LogP contribution in [0.3, 0.4) is 0 Å². The van der Waals surface area contributed by atoms with Gasteiger partial charge in [-0.2, -0.15) is 13.2 Å². The zero-order chi connectivity index (χ0) is 20.9. The van der Waals surface area contributed by atoms with Gasteiger partial charge in [-0.25, -0.2) is 9.78 Å². The van der Waals surface area contributed by atoms with Crippen molar-refractivity contribution in [1.29, 1.82) is 0 Å². The lowest BCUT2D eigenvalue weighted by Gasteiger charge is -2.21. The van der Waals surface area contributed by atoms with Gasteiger partial charge in [0, 0.05) is 26.2 Å². The lowest BCUT2D eigenvalue weighted by atomic mass is 10.2. The van der Waals surface area contributed by atoms with E-state index in [2.05, 4.69) is 20.6 Å². The van der Waals surface area contributed by atoms with Crippen molar-refractivity contribution < 1.29 is 22.7 Å². The topological polar surface area (TPSA) is 78.8 Å². The average Bonchev–Trinajstić information content (AvgIpc) is 3.19. The predicted molar refractivity (Wildman–Crippen MR) is 102 cm³/mol. The summed E-state index contributed by atoms with van der Waals surface area (Å²) in [5, 5.41) is 7.04. The van der Waals surface area contributed by atoms with Crippen LogP contribution in [-0.2, 0) is 4.74 Å². The van der Waals surface area contributed by atoms with Crippen molar-refractivity contribution in [3.63, 3.8) is 0 Å². The van der Waals surface area contributed by atoms with Crippen LogP contribution < -0.4 is 10.6 Å². The molecule has 0 spiro atoms. The second-order valence-electron chi connectivity index (χ2n) is 6.61. The first-order valence-electron chi connectivity index (χ1n) is 9.06. The minimum Gasteiger partial charge on any atom is -0.462 e. The molecule has 0 amide bonds. The standard InChI is InChI=1S/C17H26F3N5O2S/c1-5-27-15(26)13-10(2)22-14(28-13)11(3)23-16(21-4)24-12-6-7-25(8-12)9-17(18,19)20/h11-12H,5-9H2,1-4H3,(H2,21,23,24). The van der Waals surface area contributed by atoms with Gasteiger partial charge in [0.25, 0.3) is 0 Å². The van der Waals surface area contributed by atoms with Gasteiger partial charge in [0.05, 0.1) is 24.9 Å². The van der Waals surface area contributed by atoms with Gasteiger partial charge in [0.15, 0.2) is 5.96 Å². The lowest BCUT2D eigenvalue weighted by molar-refractivity contribution is -0.143. The summed E-state index contributed by atoms with van der Waals surface area (Å²) in [5.41, 5.74) is 0.605. The maximum atomic E-state index is 12.5. The van der Waals surface area contributed by atoms with Crippen molar-refractivity contribution in [3.05, 3.63) is 15.6 Å². The number of ether oxygens (including phenoxy) is 1. The van der Waals surface area contributed by atoms with E-state index in [9.17, 15) is 18.0 Å². The summed E-state index contributed by atoms with van der Waals surface area (Å²) in [5.74, 6) is 0.0889. The molecular weight excluding hydrogens is 395 g/mol. The Hall–Kier alpha value is -1.88. The van der Waals surface area contributed by atoms with Crippen LogP contribution in [0.4, 0.5) is 13.2 Å². The number of aromatic nitrogens is 1. The molecule has 1 fully saturated rings. The van der Waals surface area contributed by atoms with Gasteiger partial charge in [-0.15, -0.1) is 11.3 Å². The van der Waals surface area contributed by atoms with E-state index in [0.717, 1.165) is 0 Å². The minimum atomic E-state index is -4.19. The van der Waals surface area contributed by atoms with Crippen molar-refractivity contribution in [3.8, 4) is 0 Å². The highest BCUT2D eigenvalue weighted by Crippen LogP contribution is 2.24. The zero-order valence-electron chi connectivity index (χ0n) is 16.4. The maximum Gasteiger partial charge on any atom is 0.401 e. The second-order valence-corrected chi connectivity index (χ2v) is 7.64. The van der Waals surface area contributed by atoms with Crippen molar-refractivity contribution >= 4 is 23.3 Å². The van der Waals surface area contributed by atoms with Gasteiger partial charge in [0.2, 0.25) is 0 Å². The Morgan fingerprint density at radius 3 is 2.82 bits per heavy atom. The largest absolute Gasteiger partial charge is 0.462 e. The normalized spacial score (nSPS) is 19.5. The average molecular weight is 421 g/mol. The number of rotatable bonds is 6. The third kappa shape index (κ3) is 6.33. The van der Waals surface area contributed by atoms with Gasteiger partial charge >= 0.3 is 12.1 Å². The van der Waals surface area contributed by atoms with E-state index in [1.807, 2.05) is 6.92 Å². The fourth-order valence-electron chi connectivity index (χ4n) is 2.97. The number of nitrogens with one attached hydrogen (secondary N) is 2. The molecule has 7 nitrogen and oxygen atoms in total. The Morgan fingerprint density at radius 2 is 2.21 bits per heavy atom. The number of carbonyl (C=O) groups excluding carboxylic acids is 1. The molecule has 2 N–H and O–H groups in total. The van der Waals surface area contributed by atoms with Crippen molar-refractivity contribution in [2.75, 3.05) is 33.3 Å². The van der Waals surface area contributed by atoms with Gasteiger partial charge in [-0.1, -0.05) is 0 Å². The number of carbonyl (C=O) groups is 1. The van der Waals surface area contributed by atoms with E-state index in [1.165, 1.54) is 16.2 Å². The number of hydrogen-bond acceptors (Lipinski definition) is 6. The first-order valence-corrected chi connectivity index (χ1v) is 9.88. The number of esters is 1. The number of nitrogens with zero attached hydrogens (tertiary/aromatic N) is 3. The van der Waals surface area contributed by atoms with E-state index >= 15 is 0 Å². The molecule has 1 aromatic rings. The molecule has 0 aliphatic carbocycles. The van der Waals surface area contributed by atoms with Gasteiger partial charge in [0.1, 0.15) is 9.88 Å². The van der Waals surface area contributed by atoms with E-state index in [4.69, 9.17) is 4.74 Å². The van der Waals surface area contributed by atoms with Gasteiger partial charge in [-0.3, -0.25) is 9.89 Å². The van der Waals surface area contributed by atoms with E-state index in [-0.39, 0.29) is 12.1 Å². The summed E-state index contributed by atoms with van der Waals surface area (Å²) < 4.78 is 42.6. The van der Waals surface area contributed by atoms with E-state index < -0.39 is 18.7 Å². The molecule has 1 aliphatic heterocycles. The molecule has 2 unspecified atom stereocenters. The number of hydrogen-bond donors (Lipinski definition) is 2. The highest BCUT2D eigenvalue weighted by molar-refractivity contribution is 7.13. The molecule has 2 rings (SSSR count). The number of guanidine groups is 1. The molecule has 0 saturated carbocycles. The molecule has 11 heteroatoms. The van der Waals surface area contributed by atoms with Crippen LogP contribution >= 0.6 is 11.3 Å².